The maximum absolute atomic E-state index is 12.3. The number of hydrogen-bond acceptors (Lipinski definition) is 4. The Morgan fingerprint density at radius 3 is 2.80 bits per heavy atom. The summed E-state index contributed by atoms with van der Waals surface area (Å²) in [6.45, 7) is 3.09. The van der Waals surface area contributed by atoms with Gasteiger partial charge in [0.15, 0.2) is 5.03 Å². The average Bonchev–Trinajstić information content (AvgIpc) is 2.92. The standard InChI is InChI=1S/C14H23N3O2S/c1-2-15-13-8-5-10-16-14(13)20(18,19)17-11-9-12-6-3-4-7-12/h5,8,10,12,15,17H,2-4,6-7,9,11H2,1H3. The summed E-state index contributed by atoms with van der Waals surface area (Å²) >= 11 is 0. The van der Waals surface area contributed by atoms with Gasteiger partial charge in [-0.15, -0.1) is 0 Å². The third kappa shape index (κ3) is 3.93. The molecule has 1 aromatic rings. The minimum Gasteiger partial charge on any atom is -0.383 e. The first-order valence-electron chi connectivity index (χ1n) is 7.32. The summed E-state index contributed by atoms with van der Waals surface area (Å²) in [5.41, 5.74) is 0.559. The van der Waals surface area contributed by atoms with Gasteiger partial charge < -0.3 is 5.32 Å². The summed E-state index contributed by atoms with van der Waals surface area (Å²) in [5, 5.41) is 3.12. The molecule has 1 aliphatic rings. The highest BCUT2D eigenvalue weighted by molar-refractivity contribution is 7.89. The second-order valence-corrected chi connectivity index (χ2v) is 6.91. The van der Waals surface area contributed by atoms with Gasteiger partial charge in [0.2, 0.25) is 0 Å². The molecule has 2 N–H and O–H groups in total. The molecule has 0 bridgehead atoms. The Balaban J connectivity index is 1.98. The van der Waals surface area contributed by atoms with Crippen LogP contribution in [-0.4, -0.2) is 26.5 Å². The molecule has 0 atom stereocenters. The van der Waals surface area contributed by atoms with E-state index < -0.39 is 10.0 Å². The lowest BCUT2D eigenvalue weighted by Gasteiger charge is -2.12. The number of nitrogens with one attached hydrogen (secondary N) is 2. The van der Waals surface area contributed by atoms with Gasteiger partial charge in [0.05, 0.1) is 5.69 Å². The summed E-state index contributed by atoms with van der Waals surface area (Å²) in [7, 11) is -3.53. The molecular formula is C14H23N3O2S. The van der Waals surface area contributed by atoms with Gasteiger partial charge in [0, 0.05) is 19.3 Å². The van der Waals surface area contributed by atoms with E-state index in [-0.39, 0.29) is 5.03 Å². The van der Waals surface area contributed by atoms with E-state index in [1.807, 2.05) is 6.92 Å². The van der Waals surface area contributed by atoms with E-state index in [2.05, 4.69) is 15.0 Å². The quantitative estimate of drug-likeness (QED) is 0.810. The maximum Gasteiger partial charge on any atom is 0.260 e. The van der Waals surface area contributed by atoms with Crippen molar-refractivity contribution in [2.24, 2.45) is 5.92 Å². The summed E-state index contributed by atoms with van der Waals surface area (Å²) in [6, 6.07) is 3.47. The molecule has 1 aromatic heterocycles. The molecule has 1 saturated carbocycles. The van der Waals surface area contributed by atoms with Crippen molar-refractivity contribution >= 4 is 15.7 Å². The van der Waals surface area contributed by atoms with Gasteiger partial charge in [0.1, 0.15) is 0 Å². The van der Waals surface area contributed by atoms with Gasteiger partial charge in [0.25, 0.3) is 10.0 Å². The number of nitrogens with zero attached hydrogens (tertiary/aromatic N) is 1. The van der Waals surface area contributed by atoms with Crippen LogP contribution >= 0.6 is 0 Å². The van der Waals surface area contributed by atoms with E-state index in [0.717, 1.165) is 6.42 Å². The molecule has 0 spiro atoms. The predicted molar refractivity (Wildman–Crippen MR) is 80.2 cm³/mol. The Kier molecular flexibility index (Phi) is 5.37. The Hall–Kier alpha value is -1.14. The minimum absolute atomic E-state index is 0.0910. The Labute approximate surface area is 121 Å². The first-order chi connectivity index (χ1) is 9.63. The van der Waals surface area contributed by atoms with Crippen molar-refractivity contribution in [2.45, 2.75) is 44.1 Å². The third-order valence-corrected chi connectivity index (χ3v) is 5.13. The van der Waals surface area contributed by atoms with E-state index >= 15 is 0 Å². The predicted octanol–water partition coefficient (Wildman–Crippen LogP) is 2.37. The molecule has 2 rings (SSSR count). The van der Waals surface area contributed by atoms with Crippen LogP contribution in [0.4, 0.5) is 5.69 Å². The van der Waals surface area contributed by atoms with Crippen LogP contribution in [0.3, 0.4) is 0 Å². The maximum atomic E-state index is 12.3. The zero-order valence-electron chi connectivity index (χ0n) is 11.9. The van der Waals surface area contributed by atoms with Crippen molar-refractivity contribution in [2.75, 3.05) is 18.4 Å². The highest BCUT2D eigenvalue weighted by Gasteiger charge is 2.21. The SMILES string of the molecule is CCNc1cccnc1S(=O)(=O)NCCC1CCCC1. The zero-order valence-corrected chi connectivity index (χ0v) is 12.7. The molecule has 0 aromatic carbocycles. The van der Waals surface area contributed by atoms with Crippen LogP contribution in [0.25, 0.3) is 0 Å². The lowest BCUT2D eigenvalue weighted by atomic mass is 10.1. The van der Waals surface area contributed by atoms with Gasteiger partial charge in [-0.2, -0.15) is 0 Å². The molecule has 1 aliphatic carbocycles. The molecule has 1 heterocycles. The van der Waals surface area contributed by atoms with Gasteiger partial charge >= 0.3 is 0 Å². The highest BCUT2D eigenvalue weighted by atomic mass is 32.2. The number of sulfonamides is 1. The molecule has 0 amide bonds. The number of aromatic nitrogens is 1. The average molecular weight is 297 g/mol. The smallest absolute Gasteiger partial charge is 0.260 e. The minimum atomic E-state index is -3.53. The van der Waals surface area contributed by atoms with Gasteiger partial charge in [-0.1, -0.05) is 25.7 Å². The zero-order chi connectivity index (χ0) is 14.4. The topological polar surface area (TPSA) is 71.1 Å². The van der Waals surface area contributed by atoms with Crippen LogP contribution < -0.4 is 10.0 Å². The van der Waals surface area contributed by atoms with Crippen LogP contribution in [0.15, 0.2) is 23.4 Å². The first kappa shape index (κ1) is 15.3. The number of pyridine rings is 1. The van der Waals surface area contributed by atoms with Gasteiger partial charge in [-0.05, 0) is 31.4 Å². The van der Waals surface area contributed by atoms with Crippen molar-refractivity contribution in [3.05, 3.63) is 18.3 Å². The van der Waals surface area contributed by atoms with Crippen molar-refractivity contribution in [1.29, 1.82) is 0 Å². The number of hydrogen-bond donors (Lipinski definition) is 2. The number of anilines is 1. The molecule has 0 unspecified atom stereocenters. The fourth-order valence-corrected chi connectivity index (χ4v) is 3.85. The Morgan fingerprint density at radius 2 is 2.10 bits per heavy atom. The van der Waals surface area contributed by atoms with E-state index in [4.69, 9.17) is 0 Å². The summed E-state index contributed by atoms with van der Waals surface area (Å²) in [6.07, 6.45) is 7.45. The van der Waals surface area contributed by atoms with Gasteiger partial charge in [-0.25, -0.2) is 18.1 Å². The van der Waals surface area contributed by atoms with Gasteiger partial charge in [-0.3, -0.25) is 0 Å². The largest absolute Gasteiger partial charge is 0.383 e. The highest BCUT2D eigenvalue weighted by Crippen LogP contribution is 2.27. The third-order valence-electron chi connectivity index (χ3n) is 3.71. The molecule has 5 nitrogen and oxygen atoms in total. The van der Waals surface area contributed by atoms with E-state index in [0.29, 0.717) is 24.7 Å². The molecule has 0 aliphatic heterocycles. The second-order valence-electron chi connectivity index (χ2n) is 5.22. The van der Waals surface area contributed by atoms with Crippen molar-refractivity contribution < 1.29 is 8.42 Å². The van der Waals surface area contributed by atoms with Crippen molar-refractivity contribution in [1.82, 2.24) is 9.71 Å². The van der Waals surface area contributed by atoms with E-state index in [1.54, 1.807) is 12.1 Å². The fraction of sp³-hybridized carbons (Fsp3) is 0.643. The van der Waals surface area contributed by atoms with Crippen LogP contribution in [0.1, 0.15) is 39.0 Å². The summed E-state index contributed by atoms with van der Waals surface area (Å²) in [4.78, 5) is 4.01. The summed E-state index contributed by atoms with van der Waals surface area (Å²) in [5.74, 6) is 0.676. The molecule has 20 heavy (non-hydrogen) atoms. The normalized spacial score (nSPS) is 16.4. The van der Waals surface area contributed by atoms with Crippen molar-refractivity contribution in [3.63, 3.8) is 0 Å². The molecule has 0 radical (unpaired) electrons. The lowest BCUT2D eigenvalue weighted by molar-refractivity contribution is 0.495. The molecule has 6 heteroatoms. The Bertz CT molecular complexity index is 525. The van der Waals surface area contributed by atoms with E-state index in [1.165, 1.54) is 31.9 Å². The Morgan fingerprint density at radius 1 is 1.35 bits per heavy atom. The molecule has 1 fully saturated rings. The molecular weight excluding hydrogens is 274 g/mol. The molecule has 112 valence electrons. The monoisotopic (exact) mass is 297 g/mol. The van der Waals surface area contributed by atoms with Crippen molar-refractivity contribution in [3.8, 4) is 0 Å². The summed E-state index contributed by atoms with van der Waals surface area (Å²) < 4.78 is 27.2. The molecule has 0 saturated heterocycles. The van der Waals surface area contributed by atoms with Crippen LogP contribution in [0.5, 0.6) is 0 Å². The number of rotatable bonds is 7. The van der Waals surface area contributed by atoms with E-state index in [9.17, 15) is 8.42 Å². The van der Waals surface area contributed by atoms with Crippen LogP contribution in [0.2, 0.25) is 0 Å². The fourth-order valence-electron chi connectivity index (χ4n) is 2.69. The van der Waals surface area contributed by atoms with Crippen LogP contribution in [0, 0.1) is 5.92 Å². The van der Waals surface area contributed by atoms with Crippen LogP contribution in [-0.2, 0) is 10.0 Å². The lowest BCUT2D eigenvalue weighted by Crippen LogP contribution is -2.27. The second kappa shape index (κ2) is 7.04. The first-order valence-corrected chi connectivity index (χ1v) is 8.80.